The Morgan fingerprint density at radius 2 is 1.59 bits per heavy atom. The minimum absolute atomic E-state index is 0.0157. The Bertz CT molecular complexity index is 1360. The number of hydrogen-bond donors (Lipinski definition) is 5. The van der Waals surface area contributed by atoms with Crippen molar-refractivity contribution in [1.29, 1.82) is 0 Å². The van der Waals surface area contributed by atoms with Crippen LogP contribution in [0.5, 0.6) is 17.2 Å². The number of hydrogen-bond acceptors (Lipinski definition) is 7. The molecule has 2 aromatic carbocycles. The molecule has 0 saturated carbocycles. The lowest BCUT2D eigenvalue weighted by molar-refractivity contribution is 0.0943. The number of phenolic OH excluding ortho intramolecular Hbond substituents is 2. The quantitative estimate of drug-likeness (QED) is 0.287. The average molecular weight is 465 g/mol. The van der Waals surface area contributed by atoms with Crippen molar-refractivity contribution >= 4 is 28.6 Å². The van der Waals surface area contributed by atoms with Gasteiger partial charge in [0.2, 0.25) is 0 Å². The van der Waals surface area contributed by atoms with E-state index >= 15 is 0 Å². The van der Waals surface area contributed by atoms with E-state index in [4.69, 9.17) is 5.11 Å². The number of para-hydroxylation sites is 1. The molecule has 5 N–H and O–H groups in total. The molecule has 0 spiro atoms. The maximum absolute atomic E-state index is 12.3. The summed E-state index contributed by atoms with van der Waals surface area (Å²) in [6.07, 6.45) is 1.92. The van der Waals surface area contributed by atoms with Crippen LogP contribution in [0.15, 0.2) is 65.9 Å². The fraction of sp³-hybridized carbons (Fsp3) is 0.160. The van der Waals surface area contributed by atoms with E-state index in [1.807, 2.05) is 13.8 Å². The van der Waals surface area contributed by atoms with Crippen molar-refractivity contribution in [2.24, 2.45) is 0 Å². The summed E-state index contributed by atoms with van der Waals surface area (Å²) in [6.45, 7) is 3.71. The summed E-state index contributed by atoms with van der Waals surface area (Å²) < 4.78 is 0.991. The Labute approximate surface area is 194 Å². The number of aromatic hydroxyl groups is 3. The van der Waals surface area contributed by atoms with Crippen molar-refractivity contribution in [1.82, 2.24) is 4.57 Å². The first-order chi connectivity index (χ1) is 16.0. The van der Waals surface area contributed by atoms with Crippen LogP contribution < -0.4 is 0 Å². The predicted molar refractivity (Wildman–Crippen MR) is 124 cm³/mol. The number of allylic oxidation sites excluding steroid dienone is 2. The Balaban J connectivity index is 0.000000212. The highest BCUT2D eigenvalue weighted by Crippen LogP contribution is 2.35. The fourth-order valence-corrected chi connectivity index (χ4v) is 3.52. The Kier molecular flexibility index (Phi) is 6.88. The van der Waals surface area contributed by atoms with E-state index in [1.54, 1.807) is 30.3 Å². The second-order valence-corrected chi connectivity index (χ2v) is 7.86. The monoisotopic (exact) mass is 465 g/mol. The van der Waals surface area contributed by atoms with Crippen LogP contribution in [0, 0.1) is 0 Å². The van der Waals surface area contributed by atoms with E-state index in [0.29, 0.717) is 10.9 Å². The second-order valence-electron chi connectivity index (χ2n) is 7.86. The zero-order valence-electron chi connectivity index (χ0n) is 18.4. The summed E-state index contributed by atoms with van der Waals surface area (Å²) >= 11 is 0. The van der Waals surface area contributed by atoms with Crippen molar-refractivity contribution in [2.75, 3.05) is 0 Å². The molecule has 1 aliphatic rings. The Morgan fingerprint density at radius 1 is 0.971 bits per heavy atom. The van der Waals surface area contributed by atoms with E-state index in [2.05, 4.69) is 0 Å². The lowest BCUT2D eigenvalue weighted by Crippen LogP contribution is -2.25. The van der Waals surface area contributed by atoms with Gasteiger partial charge in [-0.15, -0.1) is 0 Å². The number of benzene rings is 2. The van der Waals surface area contributed by atoms with Gasteiger partial charge in [0.25, 0.3) is 0 Å². The first-order valence-corrected chi connectivity index (χ1v) is 10.2. The van der Waals surface area contributed by atoms with Gasteiger partial charge in [-0.1, -0.05) is 23.8 Å². The van der Waals surface area contributed by atoms with Crippen LogP contribution in [-0.4, -0.2) is 53.9 Å². The molecule has 176 valence electrons. The van der Waals surface area contributed by atoms with E-state index < -0.39 is 23.8 Å². The minimum Gasteiger partial charge on any atom is -0.507 e. The number of aliphatic hydroxyl groups excluding tert-OH is 1. The van der Waals surface area contributed by atoms with Gasteiger partial charge in [-0.05, 0) is 50.6 Å². The van der Waals surface area contributed by atoms with E-state index in [-0.39, 0.29) is 40.4 Å². The number of ketones is 2. The molecule has 34 heavy (non-hydrogen) atoms. The van der Waals surface area contributed by atoms with Crippen LogP contribution in [-0.2, 0) is 0 Å². The minimum atomic E-state index is -1.13. The Hall–Kier alpha value is -4.37. The van der Waals surface area contributed by atoms with E-state index in [1.165, 1.54) is 6.20 Å². The van der Waals surface area contributed by atoms with Crippen LogP contribution in [0.1, 0.15) is 41.0 Å². The first-order valence-electron chi connectivity index (χ1n) is 10.2. The molecule has 3 aromatic rings. The number of phenols is 2. The standard InChI is InChI=1S/C16H16O5.C9H7NO3/c1-8(2)3-4-10(17)9-7-13(20)14-11(18)5-6-12(19)15(14)16(9)21;11-8-5-10(9(12)13)7-4-2-1-3-6(7)8/h3,5-7,10,17-19H,4H2,1-2H3;1-5,11H,(H,12,13)/t10-;/m1./s1. The van der Waals surface area contributed by atoms with Crippen molar-refractivity contribution in [3.05, 3.63) is 77.0 Å². The molecule has 0 bridgehead atoms. The zero-order chi connectivity index (χ0) is 25.2. The molecule has 1 atom stereocenters. The summed E-state index contributed by atoms with van der Waals surface area (Å²) in [5.41, 5.74) is 0.912. The zero-order valence-corrected chi connectivity index (χ0v) is 18.4. The summed E-state index contributed by atoms with van der Waals surface area (Å²) in [4.78, 5) is 35.1. The molecule has 0 amide bonds. The summed E-state index contributed by atoms with van der Waals surface area (Å²) in [5.74, 6) is -2.02. The Morgan fingerprint density at radius 3 is 2.21 bits per heavy atom. The molecule has 1 aliphatic carbocycles. The molecule has 0 fully saturated rings. The van der Waals surface area contributed by atoms with Crippen molar-refractivity contribution in [3.63, 3.8) is 0 Å². The van der Waals surface area contributed by atoms with E-state index in [9.17, 15) is 34.8 Å². The molecule has 0 radical (unpaired) electrons. The van der Waals surface area contributed by atoms with Crippen LogP contribution in [0.25, 0.3) is 10.9 Å². The molecular weight excluding hydrogens is 442 g/mol. The van der Waals surface area contributed by atoms with Crippen molar-refractivity contribution < 1.29 is 39.9 Å². The van der Waals surface area contributed by atoms with Crippen LogP contribution >= 0.6 is 0 Å². The third kappa shape index (κ3) is 4.69. The van der Waals surface area contributed by atoms with Gasteiger partial charge in [0.05, 0.1) is 28.9 Å². The summed E-state index contributed by atoms with van der Waals surface area (Å²) in [6, 6.07) is 9.07. The number of fused-ring (bicyclic) bond motifs is 2. The largest absolute Gasteiger partial charge is 0.507 e. The van der Waals surface area contributed by atoms with Crippen LogP contribution in [0.2, 0.25) is 0 Å². The number of carbonyl (C=O) groups excluding carboxylic acids is 2. The third-order valence-electron chi connectivity index (χ3n) is 5.19. The molecule has 1 aromatic heterocycles. The number of aromatic nitrogens is 1. The highest BCUT2D eigenvalue weighted by molar-refractivity contribution is 6.26. The fourth-order valence-electron chi connectivity index (χ4n) is 3.52. The van der Waals surface area contributed by atoms with Gasteiger partial charge in [0, 0.05) is 11.0 Å². The highest BCUT2D eigenvalue weighted by Gasteiger charge is 2.33. The van der Waals surface area contributed by atoms with Gasteiger partial charge in [0.1, 0.15) is 17.2 Å². The maximum atomic E-state index is 12.3. The number of Topliss-reactive ketones (excluding diaryl/α,β-unsaturated/α-hetero) is 1. The van der Waals surface area contributed by atoms with Crippen molar-refractivity contribution in [3.8, 4) is 17.2 Å². The predicted octanol–water partition coefficient (Wildman–Crippen LogP) is 3.99. The van der Waals surface area contributed by atoms with Crippen LogP contribution in [0.3, 0.4) is 0 Å². The molecule has 4 rings (SSSR count). The SMILES string of the molecule is CC(C)=CC[C@@H](O)C1=CC(=O)c2c(O)ccc(O)c2C1=O.O=C(O)n1cc(O)c2ccccc21. The third-order valence-corrected chi connectivity index (χ3v) is 5.19. The molecule has 9 nitrogen and oxygen atoms in total. The summed E-state index contributed by atoms with van der Waals surface area (Å²) in [5, 5.41) is 48.2. The van der Waals surface area contributed by atoms with E-state index in [0.717, 1.165) is 28.3 Å². The molecule has 1 heterocycles. The summed E-state index contributed by atoms with van der Waals surface area (Å²) in [7, 11) is 0. The molecule has 0 unspecified atom stereocenters. The molecule has 0 aliphatic heterocycles. The van der Waals surface area contributed by atoms with Gasteiger partial charge < -0.3 is 25.5 Å². The lowest BCUT2D eigenvalue weighted by atomic mass is 9.85. The van der Waals surface area contributed by atoms with Gasteiger partial charge in [0.15, 0.2) is 11.6 Å². The smallest absolute Gasteiger partial charge is 0.416 e. The molecular formula is C25H23NO8. The van der Waals surface area contributed by atoms with Gasteiger partial charge in [-0.25, -0.2) is 9.36 Å². The van der Waals surface area contributed by atoms with Crippen LogP contribution in [0.4, 0.5) is 4.79 Å². The normalized spacial score (nSPS) is 13.4. The number of rotatable bonds is 3. The first kappa shape index (κ1) is 24.3. The number of carboxylic acid groups (broad SMARTS) is 1. The maximum Gasteiger partial charge on any atom is 0.416 e. The second kappa shape index (κ2) is 9.63. The average Bonchev–Trinajstić information content (AvgIpc) is 3.13. The molecule has 9 heteroatoms. The van der Waals surface area contributed by atoms with Crippen molar-refractivity contribution in [2.45, 2.75) is 26.4 Å². The lowest BCUT2D eigenvalue weighted by Gasteiger charge is -2.20. The van der Waals surface area contributed by atoms with Gasteiger partial charge >= 0.3 is 6.09 Å². The number of carbonyl (C=O) groups is 3. The topological polar surface area (TPSA) is 157 Å². The van der Waals surface area contributed by atoms with Gasteiger partial charge in [-0.2, -0.15) is 0 Å². The van der Waals surface area contributed by atoms with Gasteiger partial charge in [-0.3, -0.25) is 9.59 Å². The number of aliphatic hydroxyl groups is 1. The highest BCUT2D eigenvalue weighted by atomic mass is 16.4. The number of nitrogens with zero attached hydrogens (tertiary/aromatic N) is 1. The molecule has 0 saturated heterocycles.